The summed E-state index contributed by atoms with van der Waals surface area (Å²) in [5, 5.41) is 8.97. The Morgan fingerprint density at radius 1 is 1.39 bits per heavy atom. The molecule has 2 aromatic heterocycles. The lowest BCUT2D eigenvalue weighted by Crippen LogP contribution is -2.06. The minimum atomic E-state index is -1.17. The summed E-state index contributed by atoms with van der Waals surface area (Å²) in [7, 11) is 1.49. The van der Waals surface area contributed by atoms with Gasteiger partial charge in [-0.15, -0.1) is 0 Å². The van der Waals surface area contributed by atoms with Gasteiger partial charge in [-0.3, -0.25) is 0 Å². The number of aromatic carboxylic acids is 1. The van der Waals surface area contributed by atoms with Gasteiger partial charge < -0.3 is 15.6 Å². The van der Waals surface area contributed by atoms with Gasteiger partial charge in [0.2, 0.25) is 5.88 Å². The van der Waals surface area contributed by atoms with Crippen LogP contribution in [-0.2, 0) is 0 Å². The number of anilines is 1. The lowest BCUT2D eigenvalue weighted by molar-refractivity contribution is 0.0692. The molecule has 2 rings (SSSR count). The fourth-order valence-electron chi connectivity index (χ4n) is 1.54. The van der Waals surface area contributed by atoms with Crippen molar-refractivity contribution in [3.63, 3.8) is 0 Å². The van der Waals surface area contributed by atoms with Crippen molar-refractivity contribution in [2.45, 2.75) is 0 Å². The number of nitrogen functional groups attached to an aromatic ring is 1. The van der Waals surface area contributed by atoms with Crippen molar-refractivity contribution in [3.8, 4) is 17.1 Å². The average Bonchev–Trinajstić information content (AvgIpc) is 2.39. The van der Waals surface area contributed by atoms with Crippen LogP contribution in [0, 0.1) is 0 Å². The predicted octanol–water partition coefficient (Wildman–Crippen LogP) is 1.43. The first-order valence-corrected chi connectivity index (χ1v) is 5.12. The number of pyridine rings is 2. The monoisotopic (exact) mass is 245 g/mol. The van der Waals surface area contributed by atoms with Crippen LogP contribution < -0.4 is 10.5 Å². The summed E-state index contributed by atoms with van der Waals surface area (Å²) >= 11 is 0. The van der Waals surface area contributed by atoms with Crippen molar-refractivity contribution in [2.75, 3.05) is 12.8 Å². The summed E-state index contributed by atoms with van der Waals surface area (Å²) in [5.74, 6) is -0.789. The quantitative estimate of drug-likeness (QED) is 0.848. The van der Waals surface area contributed by atoms with E-state index in [0.717, 1.165) is 0 Å². The van der Waals surface area contributed by atoms with E-state index in [4.69, 9.17) is 15.6 Å². The second kappa shape index (κ2) is 4.70. The lowest BCUT2D eigenvalue weighted by Gasteiger charge is -2.07. The highest BCUT2D eigenvalue weighted by Gasteiger charge is 2.14. The van der Waals surface area contributed by atoms with E-state index in [9.17, 15) is 4.79 Å². The number of hydrogen-bond acceptors (Lipinski definition) is 5. The van der Waals surface area contributed by atoms with Crippen LogP contribution in [0.1, 0.15) is 10.5 Å². The fourth-order valence-corrected chi connectivity index (χ4v) is 1.54. The second-order valence-electron chi connectivity index (χ2n) is 3.50. The van der Waals surface area contributed by atoms with E-state index in [1.807, 2.05) is 0 Å². The highest BCUT2D eigenvalue weighted by Crippen LogP contribution is 2.27. The van der Waals surface area contributed by atoms with Gasteiger partial charge in [0.05, 0.1) is 24.1 Å². The van der Waals surface area contributed by atoms with E-state index in [2.05, 4.69) is 9.97 Å². The molecule has 0 saturated heterocycles. The number of nitrogens with zero attached hydrogens (tertiary/aromatic N) is 2. The molecule has 0 saturated carbocycles. The molecule has 0 spiro atoms. The van der Waals surface area contributed by atoms with Crippen LogP contribution in [0.25, 0.3) is 11.3 Å². The Morgan fingerprint density at radius 3 is 2.83 bits per heavy atom. The first kappa shape index (κ1) is 11.8. The largest absolute Gasteiger partial charge is 0.481 e. The molecule has 0 bridgehead atoms. The summed E-state index contributed by atoms with van der Waals surface area (Å²) in [5.41, 5.74) is 6.55. The topological polar surface area (TPSA) is 98.3 Å². The number of hydrogen-bond donors (Lipinski definition) is 2. The molecular weight excluding hydrogens is 234 g/mol. The van der Waals surface area contributed by atoms with E-state index in [1.54, 1.807) is 24.4 Å². The van der Waals surface area contributed by atoms with Crippen molar-refractivity contribution < 1.29 is 14.6 Å². The highest BCUT2D eigenvalue weighted by atomic mass is 16.5. The average molecular weight is 245 g/mol. The molecule has 0 unspecified atom stereocenters. The molecule has 6 nitrogen and oxygen atoms in total. The van der Waals surface area contributed by atoms with Gasteiger partial charge in [-0.05, 0) is 24.3 Å². The van der Waals surface area contributed by atoms with Gasteiger partial charge in [0.1, 0.15) is 0 Å². The third-order valence-electron chi connectivity index (χ3n) is 2.37. The van der Waals surface area contributed by atoms with Gasteiger partial charge in [0.15, 0.2) is 5.69 Å². The first-order chi connectivity index (χ1) is 8.63. The summed E-state index contributed by atoms with van der Waals surface area (Å²) in [4.78, 5) is 19.0. The molecular formula is C12H11N3O3. The summed E-state index contributed by atoms with van der Waals surface area (Å²) in [6, 6.07) is 6.59. The smallest absolute Gasteiger partial charge is 0.356 e. The normalized spacial score (nSPS) is 10.1. The lowest BCUT2D eigenvalue weighted by atomic mass is 10.1. The van der Waals surface area contributed by atoms with Crippen LogP contribution in [-0.4, -0.2) is 28.2 Å². The van der Waals surface area contributed by atoms with Crippen molar-refractivity contribution in [1.29, 1.82) is 0 Å². The maximum atomic E-state index is 11.0. The molecule has 3 N–H and O–H groups in total. The Bertz CT molecular complexity index is 599. The number of aromatic nitrogens is 2. The fraction of sp³-hybridized carbons (Fsp3) is 0.0833. The number of carbonyl (C=O) groups is 1. The van der Waals surface area contributed by atoms with E-state index < -0.39 is 5.97 Å². The molecule has 0 aliphatic heterocycles. The molecule has 18 heavy (non-hydrogen) atoms. The Labute approximate surface area is 103 Å². The Balaban J connectivity index is 2.58. The van der Waals surface area contributed by atoms with Crippen LogP contribution in [0.5, 0.6) is 5.88 Å². The Morgan fingerprint density at radius 2 is 2.17 bits per heavy atom. The van der Waals surface area contributed by atoms with Crippen molar-refractivity contribution in [3.05, 3.63) is 36.2 Å². The zero-order valence-electron chi connectivity index (χ0n) is 9.62. The number of nitrogens with two attached hydrogens (primary N) is 1. The standard InChI is InChI=1S/C12H11N3O3/c1-18-11-7(3-2-6-14-11)9-5-4-8(13)10(15-9)12(16)17/h2-6H,13H2,1H3,(H,16,17). The summed E-state index contributed by atoms with van der Waals surface area (Å²) in [6.45, 7) is 0. The maximum Gasteiger partial charge on any atom is 0.356 e. The Kier molecular flexibility index (Phi) is 3.09. The van der Waals surface area contributed by atoms with Crippen molar-refractivity contribution >= 4 is 11.7 Å². The molecule has 92 valence electrons. The predicted molar refractivity (Wildman–Crippen MR) is 65.4 cm³/mol. The molecule has 0 fully saturated rings. The third-order valence-corrected chi connectivity index (χ3v) is 2.37. The van der Waals surface area contributed by atoms with Gasteiger partial charge in [-0.25, -0.2) is 14.8 Å². The molecule has 0 atom stereocenters. The molecule has 0 radical (unpaired) electrons. The van der Waals surface area contributed by atoms with Crippen molar-refractivity contribution in [2.24, 2.45) is 0 Å². The number of carboxylic acid groups (broad SMARTS) is 1. The number of methoxy groups -OCH3 is 1. The van der Waals surface area contributed by atoms with Gasteiger partial charge in [-0.1, -0.05) is 0 Å². The molecule has 0 amide bonds. The van der Waals surface area contributed by atoms with Gasteiger partial charge in [0.25, 0.3) is 0 Å². The van der Waals surface area contributed by atoms with Gasteiger partial charge in [0, 0.05) is 6.20 Å². The van der Waals surface area contributed by atoms with Crippen LogP contribution in [0.15, 0.2) is 30.5 Å². The maximum absolute atomic E-state index is 11.0. The summed E-state index contributed by atoms with van der Waals surface area (Å²) in [6.07, 6.45) is 1.58. The Hall–Kier alpha value is -2.63. The molecule has 6 heteroatoms. The van der Waals surface area contributed by atoms with Gasteiger partial charge >= 0.3 is 5.97 Å². The van der Waals surface area contributed by atoms with Crippen LogP contribution in [0.4, 0.5) is 5.69 Å². The molecule has 0 aliphatic carbocycles. The zero-order chi connectivity index (χ0) is 13.1. The zero-order valence-corrected chi connectivity index (χ0v) is 9.62. The first-order valence-electron chi connectivity index (χ1n) is 5.12. The molecule has 0 aromatic carbocycles. The SMILES string of the molecule is COc1ncccc1-c1ccc(N)c(C(=O)O)n1. The second-order valence-corrected chi connectivity index (χ2v) is 3.50. The van der Waals surface area contributed by atoms with E-state index in [-0.39, 0.29) is 11.4 Å². The van der Waals surface area contributed by atoms with Crippen molar-refractivity contribution in [1.82, 2.24) is 9.97 Å². The van der Waals surface area contributed by atoms with E-state index in [0.29, 0.717) is 17.1 Å². The third kappa shape index (κ3) is 2.08. The minimum absolute atomic E-state index is 0.120. The van der Waals surface area contributed by atoms with Crippen LogP contribution in [0.3, 0.4) is 0 Å². The minimum Gasteiger partial charge on any atom is -0.481 e. The van der Waals surface area contributed by atoms with Crippen LogP contribution >= 0.6 is 0 Å². The van der Waals surface area contributed by atoms with E-state index >= 15 is 0 Å². The van der Waals surface area contributed by atoms with E-state index in [1.165, 1.54) is 13.2 Å². The highest BCUT2D eigenvalue weighted by molar-refractivity contribution is 5.92. The summed E-state index contributed by atoms with van der Waals surface area (Å²) < 4.78 is 5.10. The van der Waals surface area contributed by atoms with Crippen LogP contribution in [0.2, 0.25) is 0 Å². The number of ether oxygens (including phenoxy) is 1. The molecule has 0 aliphatic rings. The number of carboxylic acids is 1. The van der Waals surface area contributed by atoms with Gasteiger partial charge in [-0.2, -0.15) is 0 Å². The molecule has 2 heterocycles. The number of rotatable bonds is 3. The molecule has 2 aromatic rings.